The first-order valence-corrected chi connectivity index (χ1v) is 7.15. The molecule has 0 fully saturated rings. The van der Waals surface area contributed by atoms with Crippen LogP contribution < -0.4 is 4.74 Å². The van der Waals surface area contributed by atoms with E-state index < -0.39 is 4.92 Å². The van der Waals surface area contributed by atoms with Crippen molar-refractivity contribution in [1.29, 1.82) is 5.26 Å². The summed E-state index contributed by atoms with van der Waals surface area (Å²) in [7, 11) is 0. The molecule has 0 atom stereocenters. The average molecular weight is 339 g/mol. The SMILES string of the molecule is C#CCOc1ccc([N+](=O)[O-])cc1/C=C(/C#N)c1cccc(Cl)c1. The fourth-order valence-corrected chi connectivity index (χ4v) is 2.20. The molecule has 0 saturated heterocycles. The van der Waals surface area contributed by atoms with Crippen molar-refractivity contribution in [2.45, 2.75) is 0 Å². The van der Waals surface area contributed by atoms with Crippen LogP contribution in [0.25, 0.3) is 11.6 Å². The van der Waals surface area contributed by atoms with Gasteiger partial charge in [-0.3, -0.25) is 10.1 Å². The van der Waals surface area contributed by atoms with Crippen LogP contribution in [0.1, 0.15) is 11.1 Å². The van der Waals surface area contributed by atoms with Crippen molar-refractivity contribution in [3.8, 4) is 24.2 Å². The molecule has 0 unspecified atom stereocenters. The van der Waals surface area contributed by atoms with E-state index in [0.717, 1.165) is 0 Å². The number of terminal acetylenes is 1. The van der Waals surface area contributed by atoms with Gasteiger partial charge in [-0.1, -0.05) is 29.7 Å². The van der Waals surface area contributed by atoms with Crippen LogP contribution in [-0.4, -0.2) is 11.5 Å². The summed E-state index contributed by atoms with van der Waals surface area (Å²) in [6.07, 6.45) is 6.68. The number of nitrogens with zero attached hydrogens (tertiary/aromatic N) is 2. The molecule has 6 heteroatoms. The monoisotopic (exact) mass is 338 g/mol. The number of ether oxygens (including phenoxy) is 1. The highest BCUT2D eigenvalue weighted by Crippen LogP contribution is 2.29. The average Bonchev–Trinajstić information content (AvgIpc) is 2.58. The maximum atomic E-state index is 11.0. The largest absolute Gasteiger partial charge is 0.480 e. The van der Waals surface area contributed by atoms with E-state index in [1.54, 1.807) is 24.3 Å². The van der Waals surface area contributed by atoms with Crippen molar-refractivity contribution < 1.29 is 9.66 Å². The van der Waals surface area contributed by atoms with Gasteiger partial charge in [0.1, 0.15) is 12.4 Å². The Bertz CT molecular complexity index is 892. The summed E-state index contributed by atoms with van der Waals surface area (Å²) >= 11 is 5.94. The van der Waals surface area contributed by atoms with Crippen molar-refractivity contribution in [1.82, 2.24) is 0 Å². The Balaban J connectivity index is 2.55. The third-order valence-corrected chi connectivity index (χ3v) is 3.31. The molecular formula is C18H11ClN2O3. The Morgan fingerprint density at radius 2 is 2.17 bits per heavy atom. The van der Waals surface area contributed by atoms with E-state index in [1.807, 2.05) is 0 Å². The van der Waals surface area contributed by atoms with Gasteiger partial charge in [0.05, 0.1) is 16.6 Å². The second-order valence-corrected chi connectivity index (χ2v) is 5.09. The third kappa shape index (κ3) is 4.13. The molecule has 2 aromatic rings. The quantitative estimate of drug-likeness (QED) is 0.267. The molecule has 0 spiro atoms. The van der Waals surface area contributed by atoms with Gasteiger partial charge in [0.25, 0.3) is 5.69 Å². The van der Waals surface area contributed by atoms with Gasteiger partial charge in [-0.25, -0.2) is 0 Å². The van der Waals surface area contributed by atoms with Crippen molar-refractivity contribution in [2.24, 2.45) is 0 Å². The fourth-order valence-electron chi connectivity index (χ4n) is 2.00. The number of rotatable bonds is 5. The molecule has 0 heterocycles. The minimum absolute atomic E-state index is 0.0116. The van der Waals surface area contributed by atoms with Crippen LogP contribution in [0.5, 0.6) is 5.75 Å². The lowest BCUT2D eigenvalue weighted by molar-refractivity contribution is -0.384. The van der Waals surface area contributed by atoms with Gasteiger partial charge in [0.2, 0.25) is 0 Å². The Hall–Kier alpha value is -3.28. The fraction of sp³-hybridized carbons (Fsp3) is 0.0556. The molecule has 0 aromatic heterocycles. The number of allylic oxidation sites excluding steroid dienone is 1. The van der Waals surface area contributed by atoms with E-state index in [4.69, 9.17) is 22.8 Å². The predicted octanol–water partition coefficient (Wildman–Crippen LogP) is 4.32. The first-order valence-electron chi connectivity index (χ1n) is 6.77. The zero-order valence-corrected chi connectivity index (χ0v) is 13.2. The van der Waals surface area contributed by atoms with E-state index in [1.165, 1.54) is 24.3 Å². The maximum Gasteiger partial charge on any atom is 0.270 e. The van der Waals surface area contributed by atoms with Crippen molar-refractivity contribution in [3.05, 3.63) is 68.7 Å². The molecule has 0 radical (unpaired) electrons. The summed E-state index contributed by atoms with van der Waals surface area (Å²) in [5, 5.41) is 20.9. The molecule has 2 rings (SSSR count). The van der Waals surface area contributed by atoms with Gasteiger partial charge in [-0.2, -0.15) is 5.26 Å². The Morgan fingerprint density at radius 3 is 2.79 bits per heavy atom. The number of hydrogen-bond donors (Lipinski definition) is 0. The van der Waals surface area contributed by atoms with Crippen LogP contribution in [0, 0.1) is 33.8 Å². The van der Waals surface area contributed by atoms with Crippen molar-refractivity contribution in [3.63, 3.8) is 0 Å². The summed E-state index contributed by atoms with van der Waals surface area (Å²) < 4.78 is 5.39. The minimum Gasteiger partial charge on any atom is -0.480 e. The van der Waals surface area contributed by atoms with Crippen LogP contribution in [0.3, 0.4) is 0 Å². The predicted molar refractivity (Wildman–Crippen MR) is 92.4 cm³/mol. The molecular weight excluding hydrogens is 328 g/mol. The minimum atomic E-state index is -0.520. The normalized spacial score (nSPS) is 10.5. The van der Waals surface area contributed by atoms with E-state index >= 15 is 0 Å². The third-order valence-electron chi connectivity index (χ3n) is 3.07. The number of nitriles is 1. The number of nitro groups is 1. The van der Waals surface area contributed by atoms with Crippen LogP contribution in [0.4, 0.5) is 5.69 Å². The van der Waals surface area contributed by atoms with E-state index in [2.05, 4.69) is 12.0 Å². The summed E-state index contributed by atoms with van der Waals surface area (Å²) in [5.41, 5.74) is 1.16. The standard InChI is InChI=1S/C18H11ClN2O3/c1-2-8-24-18-7-6-17(21(22)23)11-14(18)9-15(12-20)13-4-3-5-16(19)10-13/h1,3-7,9-11H,8H2/b15-9-. The van der Waals surface area contributed by atoms with Gasteiger partial charge in [-0.15, -0.1) is 6.42 Å². The summed E-state index contributed by atoms with van der Waals surface area (Å²) in [6.45, 7) is 0.0116. The molecule has 2 aromatic carbocycles. The second-order valence-electron chi connectivity index (χ2n) is 4.65. The number of hydrogen-bond acceptors (Lipinski definition) is 4. The highest BCUT2D eigenvalue weighted by Gasteiger charge is 2.12. The van der Waals surface area contributed by atoms with Gasteiger partial charge >= 0.3 is 0 Å². The molecule has 0 aliphatic heterocycles. The Labute approximate surface area is 143 Å². The molecule has 0 aliphatic rings. The van der Waals surface area contributed by atoms with Crippen molar-refractivity contribution >= 4 is 28.9 Å². The first kappa shape index (κ1) is 17.1. The van der Waals surface area contributed by atoms with E-state index in [0.29, 0.717) is 27.5 Å². The van der Waals surface area contributed by atoms with E-state index in [-0.39, 0.29) is 12.3 Å². The first-order chi connectivity index (χ1) is 11.5. The zero-order valence-electron chi connectivity index (χ0n) is 12.4. The van der Waals surface area contributed by atoms with Gasteiger partial charge in [0, 0.05) is 22.7 Å². The zero-order chi connectivity index (χ0) is 17.5. The van der Waals surface area contributed by atoms with Gasteiger partial charge < -0.3 is 4.74 Å². The van der Waals surface area contributed by atoms with Gasteiger partial charge in [0.15, 0.2) is 0 Å². The summed E-state index contributed by atoms with van der Waals surface area (Å²) in [5.74, 6) is 2.68. The summed E-state index contributed by atoms with van der Waals surface area (Å²) in [4.78, 5) is 10.5. The molecule has 24 heavy (non-hydrogen) atoms. The van der Waals surface area contributed by atoms with Crippen LogP contribution in [0.2, 0.25) is 5.02 Å². The molecule has 5 nitrogen and oxygen atoms in total. The topological polar surface area (TPSA) is 76.2 Å². The van der Waals surface area contributed by atoms with Crippen LogP contribution >= 0.6 is 11.6 Å². The number of benzene rings is 2. The lowest BCUT2D eigenvalue weighted by atomic mass is 10.0. The van der Waals surface area contributed by atoms with E-state index in [9.17, 15) is 15.4 Å². The molecule has 0 bridgehead atoms. The van der Waals surface area contributed by atoms with Crippen LogP contribution in [0.15, 0.2) is 42.5 Å². The summed E-state index contributed by atoms with van der Waals surface area (Å²) in [6, 6.07) is 12.9. The van der Waals surface area contributed by atoms with Crippen molar-refractivity contribution in [2.75, 3.05) is 6.61 Å². The van der Waals surface area contributed by atoms with Gasteiger partial charge in [-0.05, 0) is 29.8 Å². The molecule has 118 valence electrons. The number of nitro benzene ring substituents is 1. The molecule has 0 saturated carbocycles. The number of non-ortho nitro benzene ring substituents is 1. The smallest absolute Gasteiger partial charge is 0.270 e. The Morgan fingerprint density at radius 1 is 1.38 bits per heavy atom. The maximum absolute atomic E-state index is 11.0. The molecule has 0 amide bonds. The Kier molecular flexibility index (Phi) is 5.57. The van der Waals surface area contributed by atoms with Crippen LogP contribution in [-0.2, 0) is 0 Å². The number of halogens is 1. The lowest BCUT2D eigenvalue weighted by Crippen LogP contribution is -1.97. The molecule has 0 aliphatic carbocycles. The second kappa shape index (κ2) is 7.82. The highest BCUT2D eigenvalue weighted by molar-refractivity contribution is 6.30. The lowest BCUT2D eigenvalue weighted by Gasteiger charge is -2.07. The highest BCUT2D eigenvalue weighted by atomic mass is 35.5. The molecule has 0 N–H and O–H groups in total.